The molecule has 0 saturated carbocycles. The fraction of sp³-hybridized carbons (Fsp3) is 0.184. The number of anilines is 6. The number of piperazine rings is 1. The average molecular weight is 1360 g/mol. The highest BCUT2D eigenvalue weighted by Gasteiger charge is 2.21. The van der Waals surface area contributed by atoms with Crippen molar-refractivity contribution in [1.82, 2.24) is 78.5 Å². The number of carbonyl (C=O) groups is 1. The third-order valence-electron chi connectivity index (χ3n) is 16.9. The van der Waals surface area contributed by atoms with Crippen molar-refractivity contribution in [2.75, 3.05) is 76.1 Å². The van der Waals surface area contributed by atoms with Crippen LogP contribution in [0.3, 0.4) is 0 Å². The van der Waals surface area contributed by atoms with Crippen LogP contribution in [0.2, 0.25) is 0 Å². The lowest BCUT2D eigenvalue weighted by Gasteiger charge is -2.32. The second-order valence-corrected chi connectivity index (χ2v) is 24.1. The van der Waals surface area contributed by atoms with E-state index in [1.807, 2.05) is 195 Å². The summed E-state index contributed by atoms with van der Waals surface area (Å²) in [6.45, 7) is 12.9. The van der Waals surface area contributed by atoms with Crippen LogP contribution in [0, 0.1) is 20.8 Å². The molecule has 6 aromatic carbocycles. The van der Waals surface area contributed by atoms with Gasteiger partial charge in [-0.25, -0.2) is 48.9 Å². The third-order valence-corrected chi connectivity index (χ3v) is 16.9. The maximum absolute atomic E-state index is 12.9. The molecule has 10 heterocycles. The number of hydrogen-bond donors (Lipinski definition) is 3. The zero-order chi connectivity index (χ0) is 69.9. The van der Waals surface area contributed by atoms with E-state index in [1.54, 1.807) is 59.9 Å². The van der Waals surface area contributed by atoms with E-state index in [4.69, 9.17) is 28.4 Å². The van der Waals surface area contributed by atoms with Crippen molar-refractivity contribution in [1.29, 1.82) is 0 Å². The molecule has 0 spiro atoms. The largest absolute Gasteiger partial charge is 0.494 e. The second kappa shape index (κ2) is 30.4. The minimum absolute atomic E-state index is 0.155. The van der Waals surface area contributed by atoms with Gasteiger partial charge in [0.25, 0.3) is 0 Å². The molecule has 0 atom stereocenters. The molecule has 0 unspecified atom stereocenters. The zero-order valence-corrected chi connectivity index (χ0v) is 56.8. The van der Waals surface area contributed by atoms with Crippen LogP contribution in [0.4, 0.5) is 34.5 Å². The van der Waals surface area contributed by atoms with Crippen LogP contribution in [-0.2, 0) is 16.0 Å². The first-order chi connectivity index (χ1) is 49.9. The first-order valence-electron chi connectivity index (χ1n) is 33.0. The minimum atomic E-state index is 0.155. The molecule has 1 saturated heterocycles. The summed E-state index contributed by atoms with van der Waals surface area (Å²) in [7, 11) is 3.73. The summed E-state index contributed by atoms with van der Waals surface area (Å²) in [5.41, 5.74) is 11.6. The first-order valence-corrected chi connectivity index (χ1v) is 33.0. The zero-order valence-electron chi connectivity index (χ0n) is 56.8. The SMILES string of the molecule is CCOc1ccc2ncnc(Nc3ccc(Oc4ccc5ncnn5c4)c(C)c3)c2c1.COCCOc1ccc2ncnc(Nc3ccc(Oc4ccc5cnnn5c4)c(C)c3)c2c1.Cc1cc(Nc2ncnc3ccc(CC(=O)N4CCN(C)CC4)cc23)ccc1Oc1ccn2ccnc2c1. The monoisotopic (exact) mass is 1360 g/mol. The molecule has 3 N–H and O–H groups in total. The predicted molar refractivity (Wildman–Crippen MR) is 390 cm³/mol. The van der Waals surface area contributed by atoms with Gasteiger partial charge in [0.1, 0.15) is 101 Å². The van der Waals surface area contributed by atoms with E-state index >= 15 is 0 Å². The summed E-state index contributed by atoms with van der Waals surface area (Å²) in [4.78, 5) is 52.0. The number of aryl methyl sites for hydroxylation is 3. The summed E-state index contributed by atoms with van der Waals surface area (Å²) in [5.74, 6) is 8.17. The predicted octanol–water partition coefficient (Wildman–Crippen LogP) is 13.9. The van der Waals surface area contributed by atoms with E-state index in [-0.39, 0.29) is 5.91 Å². The van der Waals surface area contributed by atoms with Gasteiger partial charge in [0.2, 0.25) is 5.91 Å². The molecule has 1 fully saturated rings. The van der Waals surface area contributed by atoms with Crippen LogP contribution in [0.25, 0.3) is 49.5 Å². The summed E-state index contributed by atoms with van der Waals surface area (Å²) in [6.07, 6.45) is 17.4. The maximum atomic E-state index is 12.9. The lowest BCUT2D eigenvalue weighted by Crippen LogP contribution is -2.47. The Morgan fingerprint density at radius 2 is 1.04 bits per heavy atom. The Hall–Kier alpha value is -12.9. The molecule has 16 rings (SSSR count). The van der Waals surface area contributed by atoms with Crippen LogP contribution in [0.15, 0.2) is 208 Å². The molecule has 0 bridgehead atoms. The van der Waals surface area contributed by atoms with Gasteiger partial charge in [-0.15, -0.1) is 5.10 Å². The number of nitrogens with one attached hydrogen (secondary N) is 3. The van der Waals surface area contributed by atoms with Crippen molar-refractivity contribution in [3.8, 4) is 46.0 Å². The van der Waals surface area contributed by atoms with Gasteiger partial charge in [0.15, 0.2) is 5.65 Å². The molecule has 0 aliphatic carbocycles. The number of rotatable bonds is 20. The van der Waals surface area contributed by atoms with Crippen molar-refractivity contribution >= 4 is 89.9 Å². The summed E-state index contributed by atoms with van der Waals surface area (Å²) in [5, 5.41) is 24.9. The Kier molecular flexibility index (Phi) is 19.8. The topological polar surface area (TPSA) is 270 Å². The Balaban J connectivity index is 0.000000130. The van der Waals surface area contributed by atoms with Crippen LogP contribution in [0.1, 0.15) is 29.2 Å². The summed E-state index contributed by atoms with van der Waals surface area (Å²) in [6, 6.07) is 46.6. The number of nitrogens with zero attached hydrogens (tertiary/aromatic N) is 16. The van der Waals surface area contributed by atoms with Gasteiger partial charge >= 0.3 is 0 Å². The lowest BCUT2D eigenvalue weighted by molar-refractivity contribution is -0.132. The number of benzene rings is 6. The molecule has 26 heteroatoms. The van der Waals surface area contributed by atoms with Gasteiger partial charge < -0.3 is 58.6 Å². The number of aromatic nitrogens is 14. The fourth-order valence-corrected chi connectivity index (χ4v) is 11.5. The molecule has 512 valence electrons. The van der Waals surface area contributed by atoms with Gasteiger partial charge in [-0.05, 0) is 190 Å². The van der Waals surface area contributed by atoms with Gasteiger partial charge in [-0.3, -0.25) is 4.79 Å². The molecule has 26 nitrogen and oxygen atoms in total. The van der Waals surface area contributed by atoms with Crippen molar-refractivity contribution < 1.29 is 33.2 Å². The maximum Gasteiger partial charge on any atom is 0.227 e. The van der Waals surface area contributed by atoms with Crippen LogP contribution >= 0.6 is 0 Å². The first kappa shape index (κ1) is 66.3. The van der Waals surface area contributed by atoms with Crippen molar-refractivity contribution in [2.24, 2.45) is 0 Å². The van der Waals surface area contributed by atoms with Gasteiger partial charge in [0, 0.05) is 91.2 Å². The van der Waals surface area contributed by atoms with Crippen LogP contribution < -0.4 is 39.6 Å². The van der Waals surface area contributed by atoms with Crippen LogP contribution in [0.5, 0.6) is 46.0 Å². The number of pyridine rings is 3. The number of fused-ring (bicyclic) bond motifs is 6. The average Bonchev–Trinajstić information content (AvgIpc) is 1.29. The standard InChI is InChI=1S/C29H29N7O2.C24H22N6O3.C23H20N6O2/c1-20-15-22(4-6-26(20)38-23-7-9-35-10-8-30-27(35)18-23)33-29-24-16-21(3-5-25(24)31-19-32-29)17-28(37)36-13-11-34(2)12-14-36;1-16-11-17(3-8-23(16)33-20-5-4-18-13-27-29-30(18)14-20)28-24-21-12-19(32-10-9-31-2)6-7-22(21)25-15-26-24;1-3-30-17-5-7-20-19(11-17)23(26-13-24-20)28-16-4-8-21(15(2)10-16)31-18-6-9-22-25-14-27-29(22)12-18/h3-10,15-16,18-19H,11-14,17H2,1-2H3,(H,31,32,33);3-8,11-15H,9-10H2,1-2H3,(H,25,26,28);4-14H,3H2,1-2H3,(H,24,26,28). The third kappa shape index (κ3) is 15.8. The Labute approximate surface area is 585 Å². The Morgan fingerprint density at radius 3 is 1.63 bits per heavy atom. The van der Waals surface area contributed by atoms with Gasteiger partial charge in [-0.2, -0.15) is 5.10 Å². The number of carbonyl (C=O) groups excluding carboxylic acids is 1. The smallest absolute Gasteiger partial charge is 0.227 e. The molecule has 1 aliphatic heterocycles. The number of hydrogen-bond acceptors (Lipinski definition) is 22. The number of amides is 1. The van der Waals surface area contributed by atoms with Crippen molar-refractivity contribution in [2.45, 2.75) is 34.1 Å². The van der Waals surface area contributed by atoms with E-state index in [0.29, 0.717) is 49.4 Å². The molecular formula is C76H71N19O7. The molecule has 0 radical (unpaired) electrons. The van der Waals surface area contributed by atoms with E-state index in [2.05, 4.69) is 83.2 Å². The number of ether oxygens (including phenoxy) is 6. The van der Waals surface area contributed by atoms with E-state index < -0.39 is 0 Å². The lowest BCUT2D eigenvalue weighted by atomic mass is 10.1. The van der Waals surface area contributed by atoms with Crippen molar-refractivity contribution in [3.63, 3.8) is 0 Å². The molecule has 1 aliphatic rings. The minimum Gasteiger partial charge on any atom is -0.494 e. The van der Waals surface area contributed by atoms with E-state index in [0.717, 1.165) is 155 Å². The summed E-state index contributed by atoms with van der Waals surface area (Å²) < 4.78 is 39.9. The Morgan fingerprint density at radius 1 is 0.490 bits per heavy atom. The highest BCUT2D eigenvalue weighted by Crippen LogP contribution is 2.35. The normalized spacial score (nSPS) is 12.2. The number of methoxy groups -OCH3 is 1. The highest BCUT2D eigenvalue weighted by atomic mass is 16.5. The quantitative estimate of drug-likeness (QED) is 0.0598. The number of imidazole rings is 1. The molecular weight excluding hydrogens is 1290 g/mol. The van der Waals surface area contributed by atoms with Crippen LogP contribution in [-0.4, -0.2) is 145 Å². The second-order valence-electron chi connectivity index (χ2n) is 24.1. The Bertz CT molecular complexity index is 5490. The van der Waals surface area contributed by atoms with E-state index in [9.17, 15) is 4.79 Å². The summed E-state index contributed by atoms with van der Waals surface area (Å²) >= 11 is 0. The van der Waals surface area contributed by atoms with Gasteiger partial charge in [-0.1, -0.05) is 11.3 Å². The fourth-order valence-electron chi connectivity index (χ4n) is 11.5. The highest BCUT2D eigenvalue weighted by molar-refractivity contribution is 5.94. The number of likely N-dealkylation sites (N-methyl/N-ethyl adjacent to an activating group) is 1. The molecule has 1 amide bonds. The van der Waals surface area contributed by atoms with Gasteiger partial charge in [0.05, 0.1) is 60.3 Å². The molecule has 15 aromatic rings. The van der Waals surface area contributed by atoms with E-state index in [1.165, 1.54) is 6.33 Å². The molecule has 9 aromatic heterocycles. The molecule has 102 heavy (non-hydrogen) atoms. The van der Waals surface area contributed by atoms with Crippen molar-refractivity contribution in [3.05, 3.63) is 230 Å².